The van der Waals surface area contributed by atoms with Gasteiger partial charge in [0.05, 0.1) is 6.04 Å². The zero-order valence-corrected chi connectivity index (χ0v) is 13.3. The molecule has 0 aromatic carbocycles. The van der Waals surface area contributed by atoms with Gasteiger partial charge in [0.15, 0.2) is 0 Å². The van der Waals surface area contributed by atoms with Gasteiger partial charge in [-0.2, -0.15) is 0 Å². The Balaban J connectivity index is 1.80. The van der Waals surface area contributed by atoms with Gasteiger partial charge >= 0.3 is 0 Å². The summed E-state index contributed by atoms with van der Waals surface area (Å²) in [6.07, 6.45) is 4.77. The largest absolute Gasteiger partial charge is 0.354 e. The fourth-order valence-electron chi connectivity index (χ4n) is 2.12. The van der Waals surface area contributed by atoms with E-state index in [1.54, 1.807) is 17.5 Å². The van der Waals surface area contributed by atoms with E-state index in [-0.39, 0.29) is 11.9 Å². The van der Waals surface area contributed by atoms with Gasteiger partial charge in [0.1, 0.15) is 0 Å². The highest BCUT2D eigenvalue weighted by atomic mass is 32.1. The molecule has 0 aliphatic carbocycles. The van der Waals surface area contributed by atoms with Crippen molar-refractivity contribution in [3.05, 3.63) is 52.5 Å². The Morgan fingerprint density at radius 3 is 2.86 bits per heavy atom. The number of aryl methyl sites for hydroxylation is 1. The number of likely N-dealkylation sites (N-methyl/N-ethyl adjacent to an activating group) is 1. The van der Waals surface area contributed by atoms with Crippen LogP contribution in [0.4, 0.5) is 0 Å². The van der Waals surface area contributed by atoms with E-state index in [9.17, 15) is 4.79 Å². The van der Waals surface area contributed by atoms with Gasteiger partial charge in [-0.1, -0.05) is 12.1 Å². The minimum atomic E-state index is 0.0854. The number of rotatable bonds is 7. The molecule has 0 saturated carbocycles. The van der Waals surface area contributed by atoms with Crippen LogP contribution in [0.25, 0.3) is 0 Å². The summed E-state index contributed by atoms with van der Waals surface area (Å²) in [4.78, 5) is 19.4. The molecule has 0 aliphatic heterocycles. The summed E-state index contributed by atoms with van der Waals surface area (Å²) >= 11 is 1.72. The van der Waals surface area contributed by atoms with Crippen LogP contribution in [0, 0.1) is 0 Å². The number of pyridine rings is 1. The summed E-state index contributed by atoms with van der Waals surface area (Å²) in [7, 11) is 4.07. The van der Waals surface area contributed by atoms with Crippen LogP contribution in [-0.2, 0) is 11.2 Å². The Morgan fingerprint density at radius 2 is 2.24 bits per heavy atom. The van der Waals surface area contributed by atoms with E-state index in [1.807, 2.05) is 38.5 Å². The maximum atomic E-state index is 12.0. The Bertz CT molecular complexity index is 540. The number of nitrogens with zero attached hydrogens (tertiary/aromatic N) is 2. The molecule has 2 rings (SSSR count). The quantitative estimate of drug-likeness (QED) is 0.855. The summed E-state index contributed by atoms with van der Waals surface area (Å²) < 4.78 is 0. The minimum Gasteiger partial charge on any atom is -0.354 e. The molecule has 2 heterocycles. The van der Waals surface area contributed by atoms with Crippen LogP contribution in [0.5, 0.6) is 0 Å². The second-order valence-corrected chi connectivity index (χ2v) is 6.14. The third-order valence-corrected chi connectivity index (χ3v) is 4.32. The lowest BCUT2D eigenvalue weighted by Gasteiger charge is -2.23. The van der Waals surface area contributed by atoms with Gasteiger partial charge in [-0.3, -0.25) is 9.78 Å². The highest BCUT2D eigenvalue weighted by molar-refractivity contribution is 7.10. The van der Waals surface area contributed by atoms with Gasteiger partial charge < -0.3 is 10.2 Å². The molecule has 0 bridgehead atoms. The lowest BCUT2D eigenvalue weighted by Crippen LogP contribution is -2.34. The van der Waals surface area contributed by atoms with Crippen molar-refractivity contribution in [1.82, 2.24) is 15.2 Å². The molecule has 4 nitrogen and oxygen atoms in total. The van der Waals surface area contributed by atoms with Crippen LogP contribution in [0.15, 0.2) is 42.0 Å². The van der Waals surface area contributed by atoms with E-state index < -0.39 is 0 Å². The van der Waals surface area contributed by atoms with Crippen molar-refractivity contribution in [2.24, 2.45) is 0 Å². The molecule has 0 aliphatic rings. The number of aromatic nitrogens is 1. The highest BCUT2D eigenvalue weighted by Gasteiger charge is 2.16. The third kappa shape index (κ3) is 4.95. The first-order chi connectivity index (χ1) is 10.2. The number of hydrogen-bond donors (Lipinski definition) is 1. The lowest BCUT2D eigenvalue weighted by molar-refractivity contribution is -0.121. The number of carbonyl (C=O) groups excluding carboxylic acids is 1. The summed E-state index contributed by atoms with van der Waals surface area (Å²) in [6.45, 7) is 0.638. The fraction of sp³-hybridized carbons (Fsp3) is 0.375. The number of nitrogens with one attached hydrogen (secondary N) is 1. The van der Waals surface area contributed by atoms with Crippen molar-refractivity contribution >= 4 is 17.2 Å². The molecule has 5 heteroatoms. The normalized spacial score (nSPS) is 12.3. The van der Waals surface area contributed by atoms with E-state index in [0.29, 0.717) is 13.0 Å². The highest BCUT2D eigenvalue weighted by Crippen LogP contribution is 2.22. The zero-order chi connectivity index (χ0) is 15.1. The molecular weight excluding hydrogens is 282 g/mol. The fourth-order valence-corrected chi connectivity index (χ4v) is 3.04. The maximum Gasteiger partial charge on any atom is 0.220 e. The summed E-state index contributed by atoms with van der Waals surface area (Å²) in [5, 5.41) is 5.09. The van der Waals surface area contributed by atoms with Crippen molar-refractivity contribution in [3.8, 4) is 0 Å². The molecule has 2 aromatic rings. The van der Waals surface area contributed by atoms with Crippen molar-refractivity contribution in [3.63, 3.8) is 0 Å². The summed E-state index contributed by atoms with van der Waals surface area (Å²) in [5.74, 6) is 0.0854. The maximum absolute atomic E-state index is 12.0. The molecule has 0 saturated heterocycles. The first-order valence-corrected chi connectivity index (χ1v) is 7.90. The Morgan fingerprint density at radius 1 is 1.38 bits per heavy atom. The van der Waals surface area contributed by atoms with E-state index in [1.165, 1.54) is 4.88 Å². The van der Waals surface area contributed by atoms with Gasteiger partial charge in [0, 0.05) is 30.2 Å². The number of thiophene rings is 1. The monoisotopic (exact) mass is 303 g/mol. The van der Waals surface area contributed by atoms with Crippen LogP contribution < -0.4 is 5.32 Å². The van der Waals surface area contributed by atoms with Crippen molar-refractivity contribution in [2.45, 2.75) is 18.9 Å². The Kier molecular flexibility index (Phi) is 5.90. The van der Waals surface area contributed by atoms with Crippen LogP contribution in [0.3, 0.4) is 0 Å². The number of carbonyl (C=O) groups is 1. The first kappa shape index (κ1) is 15.7. The SMILES string of the molecule is CN(C)C(CNC(=O)CCc1cccnc1)c1cccs1. The van der Waals surface area contributed by atoms with E-state index in [2.05, 4.69) is 26.6 Å². The van der Waals surface area contributed by atoms with Gasteiger partial charge in [-0.15, -0.1) is 11.3 Å². The molecule has 112 valence electrons. The van der Waals surface area contributed by atoms with Crippen molar-refractivity contribution < 1.29 is 4.79 Å². The van der Waals surface area contributed by atoms with Crippen molar-refractivity contribution in [2.75, 3.05) is 20.6 Å². The number of amides is 1. The Hall–Kier alpha value is -1.72. The molecule has 1 amide bonds. The van der Waals surface area contributed by atoms with Gasteiger partial charge in [-0.25, -0.2) is 0 Å². The lowest BCUT2D eigenvalue weighted by atomic mass is 10.1. The van der Waals surface area contributed by atoms with E-state index >= 15 is 0 Å². The predicted molar refractivity (Wildman–Crippen MR) is 86.3 cm³/mol. The zero-order valence-electron chi connectivity index (χ0n) is 12.5. The molecule has 1 unspecified atom stereocenters. The summed E-state index contributed by atoms with van der Waals surface area (Å²) in [6, 6.07) is 8.27. The van der Waals surface area contributed by atoms with Crippen LogP contribution in [-0.4, -0.2) is 36.4 Å². The second kappa shape index (κ2) is 7.90. The molecule has 2 aromatic heterocycles. The average molecular weight is 303 g/mol. The second-order valence-electron chi connectivity index (χ2n) is 5.16. The van der Waals surface area contributed by atoms with Gasteiger partial charge in [0.25, 0.3) is 0 Å². The predicted octanol–water partition coefficient (Wildman–Crippen LogP) is 2.49. The smallest absolute Gasteiger partial charge is 0.220 e. The van der Waals surface area contributed by atoms with Gasteiger partial charge in [-0.05, 0) is 43.6 Å². The van der Waals surface area contributed by atoms with Crippen LogP contribution >= 0.6 is 11.3 Å². The molecule has 0 spiro atoms. The summed E-state index contributed by atoms with van der Waals surface area (Å²) in [5.41, 5.74) is 1.09. The standard InChI is InChI=1S/C16H21N3OS/c1-19(2)14(15-6-4-10-21-15)12-18-16(20)8-7-13-5-3-9-17-11-13/h3-6,9-11,14H,7-8,12H2,1-2H3,(H,18,20). The molecular formula is C16H21N3OS. The van der Waals surface area contributed by atoms with Gasteiger partial charge in [0.2, 0.25) is 5.91 Å². The molecule has 0 radical (unpaired) electrons. The third-order valence-electron chi connectivity index (χ3n) is 3.35. The van der Waals surface area contributed by atoms with E-state index in [0.717, 1.165) is 12.0 Å². The number of hydrogen-bond acceptors (Lipinski definition) is 4. The van der Waals surface area contributed by atoms with Crippen molar-refractivity contribution in [1.29, 1.82) is 0 Å². The van der Waals surface area contributed by atoms with Crippen LogP contribution in [0.1, 0.15) is 22.9 Å². The van der Waals surface area contributed by atoms with E-state index in [4.69, 9.17) is 0 Å². The topological polar surface area (TPSA) is 45.2 Å². The molecule has 1 N–H and O–H groups in total. The molecule has 1 atom stereocenters. The molecule has 0 fully saturated rings. The Labute approximate surface area is 129 Å². The van der Waals surface area contributed by atoms with Crippen LogP contribution in [0.2, 0.25) is 0 Å². The molecule has 21 heavy (non-hydrogen) atoms. The first-order valence-electron chi connectivity index (χ1n) is 7.02. The average Bonchev–Trinajstić information content (AvgIpc) is 3.00. The minimum absolute atomic E-state index is 0.0854.